The highest BCUT2D eigenvalue weighted by Crippen LogP contribution is 2.66. The van der Waals surface area contributed by atoms with E-state index < -0.39 is 0 Å². The maximum absolute atomic E-state index is 12.0. The highest BCUT2D eigenvalue weighted by molar-refractivity contribution is 5.92. The zero-order valence-corrected chi connectivity index (χ0v) is 19.0. The topological polar surface area (TPSA) is 17.1 Å². The molecular formula is C27H42O. The van der Waals surface area contributed by atoms with Crippen LogP contribution in [0.25, 0.3) is 0 Å². The first-order valence-corrected chi connectivity index (χ1v) is 12.2. The summed E-state index contributed by atoms with van der Waals surface area (Å²) in [5, 5.41) is 0. The van der Waals surface area contributed by atoms with Crippen LogP contribution in [0.5, 0.6) is 0 Å². The SMILES string of the molecule is CC(C)CCC[C@@H](C)[C@H]1CC[C@@H]2[C@H]3C=CC4=CC(=O)CC[C@]4(C)[C@@H]3CC[C@@]21C. The van der Waals surface area contributed by atoms with Gasteiger partial charge in [-0.15, -0.1) is 0 Å². The van der Waals surface area contributed by atoms with Crippen molar-refractivity contribution in [3.63, 3.8) is 0 Å². The molecule has 0 aromatic carbocycles. The summed E-state index contributed by atoms with van der Waals surface area (Å²) in [5.74, 6) is 5.32. The molecule has 0 bridgehead atoms. The molecule has 2 saturated carbocycles. The Morgan fingerprint density at radius 1 is 1.04 bits per heavy atom. The molecule has 0 radical (unpaired) electrons. The molecule has 4 aliphatic carbocycles. The lowest BCUT2D eigenvalue weighted by Gasteiger charge is -2.56. The molecule has 2 fully saturated rings. The van der Waals surface area contributed by atoms with E-state index in [9.17, 15) is 4.79 Å². The Labute approximate surface area is 173 Å². The van der Waals surface area contributed by atoms with E-state index in [1.807, 2.05) is 6.08 Å². The summed E-state index contributed by atoms with van der Waals surface area (Å²) < 4.78 is 0. The molecule has 0 aromatic heterocycles. The third-order valence-corrected chi connectivity index (χ3v) is 9.72. The zero-order valence-electron chi connectivity index (χ0n) is 19.0. The second kappa shape index (κ2) is 7.44. The van der Waals surface area contributed by atoms with Gasteiger partial charge in [0.25, 0.3) is 0 Å². The van der Waals surface area contributed by atoms with Gasteiger partial charge in [-0.2, -0.15) is 0 Å². The van der Waals surface area contributed by atoms with Crippen LogP contribution in [0.3, 0.4) is 0 Å². The molecular weight excluding hydrogens is 340 g/mol. The average Bonchev–Trinajstić information content (AvgIpc) is 2.99. The van der Waals surface area contributed by atoms with Crippen molar-refractivity contribution in [3.05, 3.63) is 23.8 Å². The van der Waals surface area contributed by atoms with Crippen LogP contribution in [0.4, 0.5) is 0 Å². The molecule has 1 heteroatoms. The molecule has 4 rings (SSSR count). The van der Waals surface area contributed by atoms with Crippen molar-refractivity contribution >= 4 is 5.78 Å². The van der Waals surface area contributed by atoms with Crippen LogP contribution < -0.4 is 0 Å². The molecule has 156 valence electrons. The molecule has 0 spiro atoms. The van der Waals surface area contributed by atoms with Crippen molar-refractivity contribution < 1.29 is 4.79 Å². The molecule has 0 aromatic rings. The molecule has 28 heavy (non-hydrogen) atoms. The zero-order chi connectivity index (χ0) is 20.1. The van der Waals surface area contributed by atoms with E-state index >= 15 is 0 Å². The molecule has 0 unspecified atom stereocenters. The van der Waals surface area contributed by atoms with Crippen molar-refractivity contribution in [2.45, 2.75) is 92.4 Å². The van der Waals surface area contributed by atoms with E-state index in [-0.39, 0.29) is 5.41 Å². The Balaban J connectivity index is 1.53. The van der Waals surface area contributed by atoms with E-state index in [1.165, 1.54) is 50.5 Å². The van der Waals surface area contributed by atoms with Crippen molar-refractivity contribution in [2.24, 2.45) is 46.3 Å². The van der Waals surface area contributed by atoms with E-state index in [0.29, 0.717) is 11.2 Å². The fraction of sp³-hybridized carbons (Fsp3) is 0.815. The van der Waals surface area contributed by atoms with Crippen LogP contribution in [-0.4, -0.2) is 5.78 Å². The largest absolute Gasteiger partial charge is 0.295 e. The minimum absolute atomic E-state index is 0.246. The second-order valence-electron chi connectivity index (χ2n) is 11.7. The minimum atomic E-state index is 0.246. The van der Waals surface area contributed by atoms with E-state index in [2.05, 4.69) is 46.8 Å². The average molecular weight is 383 g/mol. The third kappa shape index (κ3) is 3.25. The van der Waals surface area contributed by atoms with E-state index in [4.69, 9.17) is 0 Å². The predicted octanol–water partition coefficient (Wildman–Crippen LogP) is 7.37. The molecule has 0 aliphatic heterocycles. The fourth-order valence-corrected chi connectivity index (χ4v) is 8.02. The molecule has 0 saturated heterocycles. The van der Waals surface area contributed by atoms with Crippen molar-refractivity contribution in [1.29, 1.82) is 0 Å². The first-order valence-electron chi connectivity index (χ1n) is 12.2. The van der Waals surface area contributed by atoms with Crippen molar-refractivity contribution in [2.75, 3.05) is 0 Å². The maximum atomic E-state index is 12.0. The Morgan fingerprint density at radius 3 is 2.57 bits per heavy atom. The normalized spacial score (nSPS) is 43.4. The summed E-state index contributed by atoms with van der Waals surface area (Å²) in [7, 11) is 0. The summed E-state index contributed by atoms with van der Waals surface area (Å²) in [6, 6.07) is 0. The summed E-state index contributed by atoms with van der Waals surface area (Å²) in [5.41, 5.74) is 2.12. The van der Waals surface area contributed by atoms with Crippen molar-refractivity contribution in [1.82, 2.24) is 0 Å². The van der Waals surface area contributed by atoms with E-state index in [1.54, 1.807) is 0 Å². The number of allylic oxidation sites excluding steroid dienone is 4. The van der Waals surface area contributed by atoms with Crippen LogP contribution in [0.15, 0.2) is 23.8 Å². The standard InChI is InChI=1S/C27H42O/c1-18(2)7-6-8-19(3)23-11-12-24-22-10-9-20-17-21(28)13-15-26(20,4)25(22)14-16-27(23,24)5/h9-10,17-19,22-25H,6-8,11-16H2,1-5H3/t19-,22-,23-,24-,25-,26+,27-/m1/s1. The van der Waals surface area contributed by atoms with Gasteiger partial charge in [0, 0.05) is 6.42 Å². The van der Waals surface area contributed by atoms with Crippen molar-refractivity contribution in [3.8, 4) is 0 Å². The first-order chi connectivity index (χ1) is 13.3. The van der Waals surface area contributed by atoms with Gasteiger partial charge in [-0.05, 0) is 90.1 Å². The number of ketones is 1. The van der Waals surface area contributed by atoms with E-state index in [0.717, 1.165) is 48.3 Å². The lowest BCUT2D eigenvalue weighted by molar-refractivity contribution is -0.116. The summed E-state index contributed by atoms with van der Waals surface area (Å²) in [6.07, 6.45) is 18.5. The molecule has 0 heterocycles. The molecule has 0 amide bonds. The second-order valence-corrected chi connectivity index (χ2v) is 11.7. The van der Waals surface area contributed by atoms with Gasteiger partial charge in [0.15, 0.2) is 5.78 Å². The van der Waals surface area contributed by atoms with Crippen LogP contribution in [0.2, 0.25) is 0 Å². The minimum Gasteiger partial charge on any atom is -0.295 e. The van der Waals surface area contributed by atoms with Crippen LogP contribution >= 0.6 is 0 Å². The third-order valence-electron chi connectivity index (χ3n) is 9.72. The van der Waals surface area contributed by atoms with Crippen LogP contribution in [0, 0.1) is 46.3 Å². The predicted molar refractivity (Wildman–Crippen MR) is 118 cm³/mol. The Kier molecular flexibility index (Phi) is 5.43. The van der Waals surface area contributed by atoms with Gasteiger partial charge in [0.1, 0.15) is 0 Å². The summed E-state index contributed by atoms with van der Waals surface area (Å²) in [6.45, 7) is 12.4. The van der Waals surface area contributed by atoms with Crippen LogP contribution in [0.1, 0.15) is 92.4 Å². The highest BCUT2D eigenvalue weighted by Gasteiger charge is 2.58. The van der Waals surface area contributed by atoms with Gasteiger partial charge >= 0.3 is 0 Å². The molecule has 1 nitrogen and oxygen atoms in total. The number of hydrogen-bond donors (Lipinski definition) is 0. The number of carbonyl (C=O) groups is 1. The summed E-state index contributed by atoms with van der Waals surface area (Å²) in [4.78, 5) is 12.0. The highest BCUT2D eigenvalue weighted by atomic mass is 16.1. The Morgan fingerprint density at radius 2 is 1.82 bits per heavy atom. The number of carbonyl (C=O) groups excluding carboxylic acids is 1. The van der Waals surface area contributed by atoms with Gasteiger partial charge < -0.3 is 0 Å². The van der Waals surface area contributed by atoms with Gasteiger partial charge in [-0.25, -0.2) is 0 Å². The van der Waals surface area contributed by atoms with Gasteiger partial charge in [-0.3, -0.25) is 4.79 Å². The monoisotopic (exact) mass is 382 g/mol. The Bertz CT molecular complexity index is 670. The molecule has 7 atom stereocenters. The first kappa shape index (κ1) is 20.4. The maximum Gasteiger partial charge on any atom is 0.156 e. The van der Waals surface area contributed by atoms with Gasteiger partial charge in [-0.1, -0.05) is 66.0 Å². The smallest absolute Gasteiger partial charge is 0.156 e. The van der Waals surface area contributed by atoms with Gasteiger partial charge in [0.2, 0.25) is 0 Å². The molecule has 0 N–H and O–H groups in total. The number of fused-ring (bicyclic) bond motifs is 5. The van der Waals surface area contributed by atoms with Gasteiger partial charge in [0.05, 0.1) is 0 Å². The lowest BCUT2D eigenvalue weighted by atomic mass is 9.48. The number of hydrogen-bond acceptors (Lipinski definition) is 1. The quantitative estimate of drug-likeness (QED) is 0.485. The Hall–Kier alpha value is -0.850. The van der Waals surface area contributed by atoms with Crippen LogP contribution in [-0.2, 0) is 4.79 Å². The lowest BCUT2D eigenvalue weighted by Crippen LogP contribution is -2.49. The molecule has 4 aliphatic rings. The summed E-state index contributed by atoms with van der Waals surface area (Å²) >= 11 is 0. The number of rotatable bonds is 5. The fourth-order valence-electron chi connectivity index (χ4n) is 8.02.